The molecule has 0 heterocycles. The van der Waals surface area contributed by atoms with Gasteiger partial charge in [-0.15, -0.1) is 5.54 Å². The van der Waals surface area contributed by atoms with Gasteiger partial charge in [0.15, 0.2) is 0 Å². The largest absolute Gasteiger partial charge is 0.377 e. The molecule has 8 nitrogen and oxygen atoms in total. The van der Waals surface area contributed by atoms with Crippen LogP contribution >= 0.6 is 0 Å². The summed E-state index contributed by atoms with van der Waals surface area (Å²) < 4.78 is 0. The molecule has 0 aliphatic heterocycles. The molecular weight excluding hydrogens is 520 g/mol. The molecule has 0 aliphatic carbocycles. The number of nitrogens with zero attached hydrogens (tertiary/aromatic N) is 4. The van der Waals surface area contributed by atoms with Crippen molar-refractivity contribution in [3.05, 3.63) is 103 Å². The average Bonchev–Trinajstić information content (AvgIpc) is 2.88. The van der Waals surface area contributed by atoms with Crippen molar-refractivity contribution in [1.29, 1.82) is 0 Å². The highest BCUT2D eigenvalue weighted by atomic mass is 28.3. The number of benzene rings is 3. The number of hydrogen-bond donors (Lipinski definition) is 0. The molecule has 3 aromatic carbocycles. The minimum Gasteiger partial charge on any atom is -0.377 e. The number of nitro benzene ring substituents is 2. The lowest BCUT2D eigenvalue weighted by molar-refractivity contribution is -0.385. The standard InChI is InChI=1S/C31H30N4O4Si/c1-32(2)28-17-25(19-30(21-28)34(36)37)10-8-23-14-24(16-27(15-23)12-13-40(5,6)7)9-11-26-18-29(33(3)4)22-31(20-26)35(38)39/h14-22H,1-7H3. The number of hydrogen-bond acceptors (Lipinski definition) is 6. The van der Waals surface area contributed by atoms with E-state index < -0.39 is 17.9 Å². The fourth-order valence-electron chi connectivity index (χ4n) is 3.45. The molecule has 0 atom stereocenters. The number of non-ortho nitro benzene ring substituents is 2. The maximum atomic E-state index is 11.4. The lowest BCUT2D eigenvalue weighted by Crippen LogP contribution is -2.16. The summed E-state index contributed by atoms with van der Waals surface area (Å²) in [6.45, 7) is 6.46. The highest BCUT2D eigenvalue weighted by molar-refractivity contribution is 6.83. The lowest BCUT2D eigenvalue weighted by atomic mass is 10.0. The Morgan fingerprint density at radius 2 is 0.875 bits per heavy atom. The SMILES string of the molecule is CN(C)c1cc(C#Cc2cc(C#Cc3cc(N(C)C)cc([N+](=O)[O-])c3)cc(C#C[Si](C)(C)C)c2)cc([N+](=O)[O-])c1. The van der Waals surface area contributed by atoms with Gasteiger partial charge >= 0.3 is 0 Å². The predicted molar refractivity (Wildman–Crippen MR) is 163 cm³/mol. The Kier molecular flexibility index (Phi) is 9.01. The molecule has 0 unspecified atom stereocenters. The van der Waals surface area contributed by atoms with Crippen LogP contribution in [0, 0.1) is 55.4 Å². The zero-order chi connectivity index (χ0) is 29.6. The lowest BCUT2D eigenvalue weighted by Gasteiger charge is -2.12. The fourth-order valence-corrected chi connectivity index (χ4v) is 3.97. The molecule has 0 aromatic heterocycles. The van der Waals surface area contributed by atoms with E-state index in [-0.39, 0.29) is 11.4 Å². The minimum atomic E-state index is -1.66. The third-order valence-electron chi connectivity index (χ3n) is 5.48. The monoisotopic (exact) mass is 550 g/mol. The Labute approximate surface area is 235 Å². The van der Waals surface area contributed by atoms with Gasteiger partial charge in [-0.1, -0.05) is 49.2 Å². The van der Waals surface area contributed by atoms with Gasteiger partial charge in [0.1, 0.15) is 8.07 Å². The fraction of sp³-hybridized carbons (Fsp3) is 0.226. The second-order valence-electron chi connectivity index (χ2n) is 10.6. The summed E-state index contributed by atoms with van der Waals surface area (Å²) in [5.74, 6) is 15.5. The van der Waals surface area contributed by atoms with Crippen molar-refractivity contribution in [1.82, 2.24) is 0 Å². The van der Waals surface area contributed by atoms with Gasteiger partial charge in [0, 0.05) is 91.6 Å². The molecular formula is C31H30N4O4Si. The van der Waals surface area contributed by atoms with Gasteiger partial charge in [0.2, 0.25) is 0 Å². The minimum absolute atomic E-state index is 0.0362. The summed E-state index contributed by atoms with van der Waals surface area (Å²) in [6.07, 6.45) is 0. The van der Waals surface area contributed by atoms with E-state index in [0.717, 1.165) is 5.56 Å². The van der Waals surface area contributed by atoms with E-state index in [0.29, 0.717) is 33.6 Å². The van der Waals surface area contributed by atoms with Gasteiger partial charge in [-0.25, -0.2) is 0 Å². The molecule has 0 aliphatic rings. The summed E-state index contributed by atoms with van der Waals surface area (Å²) in [5.41, 5.74) is 7.70. The molecule has 3 aromatic rings. The first-order valence-corrected chi connectivity index (χ1v) is 15.9. The first kappa shape index (κ1) is 29.5. The average molecular weight is 551 g/mol. The molecule has 0 radical (unpaired) electrons. The van der Waals surface area contributed by atoms with E-state index in [2.05, 4.69) is 54.8 Å². The predicted octanol–water partition coefficient (Wildman–Crippen LogP) is 5.66. The van der Waals surface area contributed by atoms with Gasteiger partial charge in [-0.2, -0.15) is 0 Å². The Bertz CT molecular complexity index is 1570. The molecule has 0 bridgehead atoms. The molecule has 0 fully saturated rings. The Morgan fingerprint density at radius 1 is 0.550 bits per heavy atom. The second kappa shape index (κ2) is 12.2. The molecule has 0 N–H and O–H groups in total. The van der Waals surface area contributed by atoms with Crippen LogP contribution in [-0.2, 0) is 0 Å². The maximum absolute atomic E-state index is 11.4. The van der Waals surface area contributed by atoms with Crippen molar-refractivity contribution in [3.63, 3.8) is 0 Å². The van der Waals surface area contributed by atoms with E-state index in [1.165, 1.54) is 24.3 Å². The van der Waals surface area contributed by atoms with Crippen molar-refractivity contribution in [3.8, 4) is 35.1 Å². The van der Waals surface area contributed by atoms with Gasteiger partial charge in [0.05, 0.1) is 9.85 Å². The second-order valence-corrected chi connectivity index (χ2v) is 15.3. The van der Waals surface area contributed by atoms with Crippen LogP contribution in [0.2, 0.25) is 19.6 Å². The van der Waals surface area contributed by atoms with E-state index in [1.54, 1.807) is 21.9 Å². The van der Waals surface area contributed by atoms with Crippen molar-refractivity contribution >= 4 is 30.8 Å². The number of anilines is 2. The Morgan fingerprint density at radius 3 is 1.18 bits per heavy atom. The maximum Gasteiger partial charge on any atom is 0.272 e. The molecule has 0 saturated carbocycles. The van der Waals surface area contributed by atoms with E-state index >= 15 is 0 Å². The van der Waals surface area contributed by atoms with Crippen molar-refractivity contribution in [2.75, 3.05) is 38.0 Å². The smallest absolute Gasteiger partial charge is 0.272 e. The van der Waals surface area contributed by atoms with Crippen LogP contribution in [0.4, 0.5) is 22.7 Å². The molecule has 0 saturated heterocycles. The van der Waals surface area contributed by atoms with Gasteiger partial charge in [-0.05, 0) is 30.3 Å². The van der Waals surface area contributed by atoms with Gasteiger partial charge in [0.25, 0.3) is 11.4 Å². The zero-order valence-electron chi connectivity index (χ0n) is 23.6. The highest BCUT2D eigenvalue weighted by Crippen LogP contribution is 2.24. The molecule has 40 heavy (non-hydrogen) atoms. The first-order valence-electron chi connectivity index (χ1n) is 12.4. The number of nitro groups is 2. The normalized spacial score (nSPS) is 10.2. The summed E-state index contributed by atoms with van der Waals surface area (Å²) >= 11 is 0. The number of rotatable bonds is 4. The first-order chi connectivity index (χ1) is 18.7. The topological polar surface area (TPSA) is 92.8 Å². The van der Waals surface area contributed by atoms with E-state index in [4.69, 9.17) is 0 Å². The van der Waals surface area contributed by atoms with Crippen LogP contribution in [-0.4, -0.2) is 46.1 Å². The third-order valence-corrected chi connectivity index (χ3v) is 6.35. The molecule has 9 heteroatoms. The molecule has 3 rings (SSSR count). The quantitative estimate of drug-likeness (QED) is 0.180. The Balaban J connectivity index is 2.12. The van der Waals surface area contributed by atoms with Crippen molar-refractivity contribution < 1.29 is 9.85 Å². The van der Waals surface area contributed by atoms with Crippen molar-refractivity contribution in [2.45, 2.75) is 19.6 Å². The van der Waals surface area contributed by atoms with Gasteiger partial charge < -0.3 is 9.80 Å². The van der Waals surface area contributed by atoms with Crippen LogP contribution in [0.5, 0.6) is 0 Å². The van der Waals surface area contributed by atoms with Crippen LogP contribution < -0.4 is 9.80 Å². The van der Waals surface area contributed by atoms with Crippen LogP contribution in [0.25, 0.3) is 0 Å². The molecule has 0 spiro atoms. The zero-order valence-corrected chi connectivity index (χ0v) is 24.6. The summed E-state index contributed by atoms with van der Waals surface area (Å²) in [5, 5.41) is 22.8. The Hall–Kier alpha value is -5.04. The molecule has 202 valence electrons. The summed E-state index contributed by atoms with van der Waals surface area (Å²) in [6, 6.07) is 15.0. The highest BCUT2D eigenvalue weighted by Gasteiger charge is 2.12. The van der Waals surface area contributed by atoms with Crippen LogP contribution in [0.3, 0.4) is 0 Å². The van der Waals surface area contributed by atoms with Gasteiger partial charge in [-0.3, -0.25) is 20.2 Å². The third kappa shape index (κ3) is 8.49. The van der Waals surface area contributed by atoms with Crippen LogP contribution in [0.1, 0.15) is 27.8 Å². The summed E-state index contributed by atoms with van der Waals surface area (Å²) in [7, 11) is 5.59. The molecule has 0 amide bonds. The van der Waals surface area contributed by atoms with E-state index in [9.17, 15) is 20.2 Å². The van der Waals surface area contributed by atoms with E-state index in [1.807, 2.05) is 46.4 Å². The van der Waals surface area contributed by atoms with Crippen LogP contribution in [0.15, 0.2) is 54.6 Å². The summed E-state index contributed by atoms with van der Waals surface area (Å²) in [4.78, 5) is 25.5. The van der Waals surface area contributed by atoms with Crippen molar-refractivity contribution in [2.24, 2.45) is 0 Å².